The molecule has 2 aromatic rings. The van der Waals surface area contributed by atoms with Crippen molar-refractivity contribution in [3.05, 3.63) is 53.5 Å². The smallest absolute Gasteiger partial charge is 0.185 e. The maximum absolute atomic E-state index is 5.21. The molecule has 0 saturated heterocycles. The molecular formula is C14H17N3OS. The number of aryl methyl sites for hydroxylation is 2. The van der Waals surface area contributed by atoms with Gasteiger partial charge in [-0.15, -0.1) is 0 Å². The predicted octanol–water partition coefficient (Wildman–Crippen LogP) is 2.89. The van der Waals surface area contributed by atoms with Crippen LogP contribution < -0.4 is 16.2 Å². The molecule has 100 valence electrons. The summed E-state index contributed by atoms with van der Waals surface area (Å²) in [5.41, 5.74) is 9.42. The zero-order valence-corrected chi connectivity index (χ0v) is 11.8. The molecule has 1 aromatic heterocycles. The van der Waals surface area contributed by atoms with Gasteiger partial charge in [0.15, 0.2) is 5.11 Å². The lowest BCUT2D eigenvalue weighted by atomic mass is 10.1. The van der Waals surface area contributed by atoms with E-state index in [1.54, 1.807) is 6.26 Å². The first-order chi connectivity index (χ1) is 9.13. The summed E-state index contributed by atoms with van der Waals surface area (Å²) in [5, 5.41) is 3.57. The highest BCUT2D eigenvalue weighted by molar-refractivity contribution is 7.80. The lowest BCUT2D eigenvalue weighted by Crippen LogP contribution is -2.38. The standard InChI is InChI=1S/C14H17N3OS/c1-10-6-11(2)8-12(7-10)16-17-14(19)15-9-13-4-3-5-18-13/h3-8,16H,9H2,1-2H3,(H2,15,17,19). The summed E-state index contributed by atoms with van der Waals surface area (Å²) in [6.45, 7) is 4.69. The molecule has 0 fully saturated rings. The van der Waals surface area contributed by atoms with Crippen molar-refractivity contribution >= 4 is 23.0 Å². The molecule has 0 radical (unpaired) electrons. The Morgan fingerprint density at radius 3 is 2.58 bits per heavy atom. The number of benzene rings is 1. The number of thiocarbonyl (C=S) groups is 1. The first kappa shape index (κ1) is 13.4. The molecule has 0 aliphatic carbocycles. The van der Waals surface area contributed by atoms with Crippen LogP contribution in [0.5, 0.6) is 0 Å². The lowest BCUT2D eigenvalue weighted by Gasteiger charge is -2.12. The summed E-state index contributed by atoms with van der Waals surface area (Å²) in [6.07, 6.45) is 1.64. The highest BCUT2D eigenvalue weighted by Gasteiger charge is 1.99. The predicted molar refractivity (Wildman–Crippen MR) is 80.8 cm³/mol. The van der Waals surface area contributed by atoms with Crippen LogP contribution in [0.1, 0.15) is 16.9 Å². The maximum Gasteiger partial charge on any atom is 0.185 e. The topological polar surface area (TPSA) is 49.2 Å². The fraction of sp³-hybridized carbons (Fsp3) is 0.214. The molecule has 4 nitrogen and oxygen atoms in total. The fourth-order valence-corrected chi connectivity index (χ4v) is 1.92. The van der Waals surface area contributed by atoms with Gasteiger partial charge in [-0.25, -0.2) is 0 Å². The Balaban J connectivity index is 1.79. The monoisotopic (exact) mass is 275 g/mol. The second-order valence-electron chi connectivity index (χ2n) is 4.39. The summed E-state index contributed by atoms with van der Waals surface area (Å²) in [6, 6.07) is 9.97. The van der Waals surface area contributed by atoms with E-state index in [2.05, 4.69) is 48.2 Å². The normalized spacial score (nSPS) is 10.0. The zero-order chi connectivity index (χ0) is 13.7. The number of hydrogen-bond acceptors (Lipinski definition) is 3. The second-order valence-corrected chi connectivity index (χ2v) is 4.80. The first-order valence-corrected chi connectivity index (χ1v) is 6.45. The molecule has 19 heavy (non-hydrogen) atoms. The van der Waals surface area contributed by atoms with Crippen molar-refractivity contribution in [1.82, 2.24) is 10.7 Å². The average Bonchev–Trinajstić information content (AvgIpc) is 2.86. The summed E-state index contributed by atoms with van der Waals surface area (Å²) in [4.78, 5) is 0. The minimum atomic E-state index is 0.524. The third-order valence-electron chi connectivity index (χ3n) is 2.55. The van der Waals surface area contributed by atoms with Crippen LogP contribution >= 0.6 is 12.2 Å². The number of hydrazine groups is 1. The number of nitrogens with one attached hydrogen (secondary N) is 3. The van der Waals surface area contributed by atoms with Crippen LogP contribution in [0.25, 0.3) is 0 Å². The van der Waals surface area contributed by atoms with Crippen LogP contribution in [0, 0.1) is 13.8 Å². The largest absolute Gasteiger partial charge is 0.467 e. The molecule has 0 atom stereocenters. The van der Waals surface area contributed by atoms with Gasteiger partial charge in [-0.3, -0.25) is 10.9 Å². The van der Waals surface area contributed by atoms with Crippen molar-refractivity contribution in [2.45, 2.75) is 20.4 Å². The Morgan fingerprint density at radius 2 is 1.95 bits per heavy atom. The van der Waals surface area contributed by atoms with E-state index in [9.17, 15) is 0 Å². The van der Waals surface area contributed by atoms with Crippen molar-refractivity contribution in [3.8, 4) is 0 Å². The summed E-state index contributed by atoms with van der Waals surface area (Å²) >= 11 is 5.17. The van der Waals surface area contributed by atoms with E-state index < -0.39 is 0 Å². The van der Waals surface area contributed by atoms with Crippen LogP contribution in [0.2, 0.25) is 0 Å². The quantitative estimate of drug-likeness (QED) is 0.592. The van der Waals surface area contributed by atoms with Gasteiger partial charge in [0.1, 0.15) is 5.76 Å². The van der Waals surface area contributed by atoms with Gasteiger partial charge in [0.2, 0.25) is 0 Å². The van der Waals surface area contributed by atoms with Gasteiger partial charge in [0.05, 0.1) is 18.5 Å². The summed E-state index contributed by atoms with van der Waals surface area (Å²) < 4.78 is 5.21. The third-order valence-corrected chi connectivity index (χ3v) is 2.79. The van der Waals surface area contributed by atoms with E-state index >= 15 is 0 Å². The molecule has 0 unspecified atom stereocenters. The summed E-state index contributed by atoms with van der Waals surface area (Å²) in [7, 11) is 0. The van der Waals surface area contributed by atoms with Crippen molar-refractivity contribution in [3.63, 3.8) is 0 Å². The zero-order valence-electron chi connectivity index (χ0n) is 11.0. The minimum Gasteiger partial charge on any atom is -0.467 e. The van der Waals surface area contributed by atoms with Gasteiger partial charge >= 0.3 is 0 Å². The molecule has 0 amide bonds. The van der Waals surface area contributed by atoms with Crippen LogP contribution in [-0.4, -0.2) is 5.11 Å². The number of rotatable bonds is 4. The van der Waals surface area contributed by atoms with Gasteiger partial charge in [0.25, 0.3) is 0 Å². The van der Waals surface area contributed by atoms with Crippen LogP contribution in [0.15, 0.2) is 41.0 Å². The Bertz CT molecular complexity index is 532. The molecule has 0 aliphatic rings. The van der Waals surface area contributed by atoms with E-state index in [-0.39, 0.29) is 0 Å². The molecule has 5 heteroatoms. The number of anilines is 1. The summed E-state index contributed by atoms with van der Waals surface area (Å²) in [5.74, 6) is 0.843. The Kier molecular flexibility index (Phi) is 4.41. The highest BCUT2D eigenvalue weighted by Crippen LogP contribution is 2.12. The Morgan fingerprint density at radius 1 is 1.21 bits per heavy atom. The number of furan rings is 1. The van der Waals surface area contributed by atoms with Crippen molar-refractivity contribution in [2.24, 2.45) is 0 Å². The molecule has 0 aliphatic heterocycles. The van der Waals surface area contributed by atoms with Crippen LogP contribution in [0.3, 0.4) is 0 Å². The van der Waals surface area contributed by atoms with Gasteiger partial charge in [-0.2, -0.15) is 0 Å². The van der Waals surface area contributed by atoms with Gasteiger partial charge in [-0.05, 0) is 61.5 Å². The van der Waals surface area contributed by atoms with Gasteiger partial charge in [0, 0.05) is 0 Å². The van der Waals surface area contributed by atoms with E-state index in [0.29, 0.717) is 11.7 Å². The fourth-order valence-electron chi connectivity index (χ4n) is 1.80. The molecule has 1 aromatic carbocycles. The van der Waals surface area contributed by atoms with Crippen molar-refractivity contribution in [2.75, 3.05) is 5.43 Å². The second kappa shape index (κ2) is 6.24. The first-order valence-electron chi connectivity index (χ1n) is 6.04. The Hall–Kier alpha value is -2.01. The molecule has 2 rings (SSSR count). The van der Waals surface area contributed by atoms with E-state index in [1.165, 1.54) is 11.1 Å². The van der Waals surface area contributed by atoms with Crippen molar-refractivity contribution in [1.29, 1.82) is 0 Å². The van der Waals surface area contributed by atoms with Crippen molar-refractivity contribution < 1.29 is 4.42 Å². The SMILES string of the molecule is Cc1cc(C)cc(NNC(=S)NCc2ccco2)c1. The highest BCUT2D eigenvalue weighted by atomic mass is 32.1. The number of hydrogen-bond donors (Lipinski definition) is 3. The van der Waals surface area contributed by atoms with Gasteiger partial charge in [-0.1, -0.05) is 6.07 Å². The maximum atomic E-state index is 5.21. The minimum absolute atomic E-state index is 0.524. The van der Waals surface area contributed by atoms with Crippen LogP contribution in [0.4, 0.5) is 5.69 Å². The van der Waals surface area contributed by atoms with E-state index in [4.69, 9.17) is 16.6 Å². The van der Waals surface area contributed by atoms with Gasteiger partial charge < -0.3 is 9.73 Å². The average molecular weight is 275 g/mol. The molecular weight excluding hydrogens is 258 g/mol. The molecule has 0 bridgehead atoms. The molecule has 0 saturated carbocycles. The molecule has 3 N–H and O–H groups in total. The Labute approximate surface area is 118 Å². The third kappa shape index (κ3) is 4.30. The molecule has 1 heterocycles. The van der Waals surface area contributed by atoms with E-state index in [0.717, 1.165) is 11.4 Å². The van der Waals surface area contributed by atoms with Crippen LogP contribution in [-0.2, 0) is 6.54 Å². The lowest BCUT2D eigenvalue weighted by molar-refractivity contribution is 0.503. The van der Waals surface area contributed by atoms with E-state index in [1.807, 2.05) is 12.1 Å². The molecule has 0 spiro atoms.